The fourth-order valence-electron chi connectivity index (χ4n) is 2.24. The molecule has 2 amide bonds. The lowest BCUT2D eigenvalue weighted by Crippen LogP contribution is -2.50. The number of anilines is 2. The minimum atomic E-state index is -0.142. The fraction of sp³-hybridized carbons (Fsp3) is 0.286. The summed E-state index contributed by atoms with van der Waals surface area (Å²) in [5.74, 6) is 1.42. The smallest absolute Gasteiger partial charge is 0.323 e. The Hall–Kier alpha value is -2.70. The molecule has 0 aromatic carbocycles. The summed E-state index contributed by atoms with van der Waals surface area (Å²) in [7, 11) is 0. The van der Waals surface area contributed by atoms with Crippen molar-refractivity contribution in [3.63, 3.8) is 0 Å². The molecule has 7 nitrogen and oxygen atoms in total. The first-order chi connectivity index (χ1) is 10.3. The summed E-state index contributed by atoms with van der Waals surface area (Å²) >= 11 is 0. The second kappa shape index (κ2) is 6.17. The molecule has 0 aliphatic carbocycles. The van der Waals surface area contributed by atoms with Crippen LogP contribution in [-0.2, 0) is 0 Å². The molecule has 1 aliphatic rings. The Morgan fingerprint density at radius 2 is 1.90 bits per heavy atom. The maximum Gasteiger partial charge on any atom is 0.323 e. The molecule has 0 radical (unpaired) electrons. The van der Waals surface area contributed by atoms with Gasteiger partial charge in [0.05, 0.1) is 0 Å². The van der Waals surface area contributed by atoms with Gasteiger partial charge < -0.3 is 9.80 Å². The number of aromatic nitrogens is 3. The Kier molecular flexibility index (Phi) is 3.90. The number of hydrogen-bond donors (Lipinski definition) is 1. The molecule has 21 heavy (non-hydrogen) atoms. The normalized spacial score (nSPS) is 14.9. The first kappa shape index (κ1) is 13.3. The van der Waals surface area contributed by atoms with E-state index in [1.807, 2.05) is 18.2 Å². The van der Waals surface area contributed by atoms with Gasteiger partial charge in [0.1, 0.15) is 5.82 Å². The number of piperazine rings is 1. The zero-order chi connectivity index (χ0) is 14.5. The minimum Gasteiger partial charge on any atom is -0.353 e. The molecular weight excluding hydrogens is 268 g/mol. The lowest BCUT2D eigenvalue weighted by Gasteiger charge is -2.35. The van der Waals surface area contributed by atoms with Gasteiger partial charge in [0.25, 0.3) is 0 Å². The van der Waals surface area contributed by atoms with Crippen molar-refractivity contribution in [1.29, 1.82) is 0 Å². The number of urea groups is 1. The van der Waals surface area contributed by atoms with Crippen molar-refractivity contribution in [2.24, 2.45) is 0 Å². The second-order valence-electron chi connectivity index (χ2n) is 4.70. The Balaban J connectivity index is 1.55. The number of hydrogen-bond acceptors (Lipinski definition) is 5. The highest BCUT2D eigenvalue weighted by Crippen LogP contribution is 2.13. The summed E-state index contributed by atoms with van der Waals surface area (Å²) in [5.41, 5.74) is 0. The predicted octanol–water partition coefficient (Wildman–Crippen LogP) is 1.23. The average molecular weight is 284 g/mol. The Labute approximate surface area is 122 Å². The molecule has 0 bridgehead atoms. The van der Waals surface area contributed by atoms with Gasteiger partial charge in [0, 0.05) is 38.6 Å². The van der Waals surface area contributed by atoms with Gasteiger partial charge in [-0.3, -0.25) is 5.32 Å². The van der Waals surface area contributed by atoms with E-state index in [0.29, 0.717) is 18.9 Å². The molecule has 1 N–H and O–H groups in total. The van der Waals surface area contributed by atoms with Crippen molar-refractivity contribution in [3.8, 4) is 0 Å². The van der Waals surface area contributed by atoms with E-state index in [9.17, 15) is 4.79 Å². The molecule has 7 heteroatoms. The fourth-order valence-corrected chi connectivity index (χ4v) is 2.24. The number of pyridine rings is 1. The van der Waals surface area contributed by atoms with Gasteiger partial charge in [0.15, 0.2) is 5.82 Å². The highest BCUT2D eigenvalue weighted by molar-refractivity contribution is 5.88. The summed E-state index contributed by atoms with van der Waals surface area (Å²) < 4.78 is 0. The van der Waals surface area contributed by atoms with Gasteiger partial charge in [0.2, 0.25) is 0 Å². The van der Waals surface area contributed by atoms with E-state index in [0.717, 1.165) is 18.9 Å². The van der Waals surface area contributed by atoms with Crippen LogP contribution < -0.4 is 10.2 Å². The van der Waals surface area contributed by atoms with E-state index in [4.69, 9.17) is 0 Å². The van der Waals surface area contributed by atoms with Gasteiger partial charge in [-0.2, -0.15) is 5.10 Å². The van der Waals surface area contributed by atoms with Crippen LogP contribution in [0.2, 0.25) is 0 Å². The van der Waals surface area contributed by atoms with Crippen molar-refractivity contribution in [2.45, 2.75) is 0 Å². The number of carbonyl (C=O) groups excluding carboxylic acids is 1. The number of nitrogens with one attached hydrogen (secondary N) is 1. The van der Waals surface area contributed by atoms with Crippen LogP contribution in [0, 0.1) is 0 Å². The van der Waals surface area contributed by atoms with Crippen molar-refractivity contribution >= 4 is 17.7 Å². The second-order valence-corrected chi connectivity index (χ2v) is 4.70. The Bertz CT molecular complexity index is 583. The Morgan fingerprint density at radius 1 is 1.05 bits per heavy atom. The van der Waals surface area contributed by atoms with Crippen molar-refractivity contribution < 1.29 is 4.79 Å². The van der Waals surface area contributed by atoms with Crippen LogP contribution in [0.3, 0.4) is 0 Å². The van der Waals surface area contributed by atoms with E-state index in [1.54, 1.807) is 29.4 Å². The molecule has 0 spiro atoms. The maximum atomic E-state index is 12.1. The van der Waals surface area contributed by atoms with E-state index in [1.165, 1.54) is 0 Å². The van der Waals surface area contributed by atoms with Crippen LogP contribution in [-0.4, -0.2) is 52.3 Å². The standard InChI is InChI=1S/C14H16N6O/c21-14(17-12-4-3-7-16-18-12)20-10-8-19(9-11-20)13-5-1-2-6-15-13/h1-7H,8-11H2,(H,17,18,21). The quantitative estimate of drug-likeness (QED) is 0.897. The number of nitrogens with zero attached hydrogens (tertiary/aromatic N) is 5. The van der Waals surface area contributed by atoms with Gasteiger partial charge in [-0.05, 0) is 24.3 Å². The number of rotatable bonds is 2. The van der Waals surface area contributed by atoms with Crippen LogP contribution in [0.15, 0.2) is 42.7 Å². The highest BCUT2D eigenvalue weighted by Gasteiger charge is 2.21. The third-order valence-electron chi connectivity index (χ3n) is 3.35. The summed E-state index contributed by atoms with van der Waals surface area (Å²) in [5, 5.41) is 10.3. The molecule has 1 fully saturated rings. The molecule has 108 valence electrons. The topological polar surface area (TPSA) is 74.2 Å². The third kappa shape index (κ3) is 3.25. The van der Waals surface area contributed by atoms with Crippen LogP contribution >= 0.6 is 0 Å². The largest absolute Gasteiger partial charge is 0.353 e. The molecule has 2 aromatic rings. The first-order valence-corrected chi connectivity index (χ1v) is 6.82. The molecule has 0 unspecified atom stereocenters. The number of amides is 2. The first-order valence-electron chi connectivity index (χ1n) is 6.82. The molecule has 0 saturated carbocycles. The van der Waals surface area contributed by atoms with Gasteiger partial charge >= 0.3 is 6.03 Å². The molecule has 3 rings (SSSR count). The minimum absolute atomic E-state index is 0.142. The summed E-state index contributed by atoms with van der Waals surface area (Å²) in [6, 6.07) is 9.16. The highest BCUT2D eigenvalue weighted by atomic mass is 16.2. The van der Waals surface area contributed by atoms with Crippen LogP contribution in [0.1, 0.15) is 0 Å². The van der Waals surface area contributed by atoms with E-state index >= 15 is 0 Å². The van der Waals surface area contributed by atoms with Crippen molar-refractivity contribution in [1.82, 2.24) is 20.1 Å². The van der Waals surface area contributed by atoms with E-state index in [2.05, 4.69) is 25.4 Å². The molecule has 3 heterocycles. The van der Waals surface area contributed by atoms with E-state index < -0.39 is 0 Å². The third-order valence-corrected chi connectivity index (χ3v) is 3.35. The van der Waals surface area contributed by atoms with Gasteiger partial charge in [-0.15, -0.1) is 5.10 Å². The molecule has 2 aromatic heterocycles. The van der Waals surface area contributed by atoms with E-state index in [-0.39, 0.29) is 6.03 Å². The lowest BCUT2D eigenvalue weighted by atomic mass is 10.3. The lowest BCUT2D eigenvalue weighted by molar-refractivity contribution is 0.208. The van der Waals surface area contributed by atoms with Crippen LogP contribution in [0.5, 0.6) is 0 Å². The monoisotopic (exact) mass is 284 g/mol. The molecular formula is C14H16N6O. The predicted molar refractivity (Wildman–Crippen MR) is 79.1 cm³/mol. The molecule has 0 atom stereocenters. The number of carbonyl (C=O) groups is 1. The summed E-state index contributed by atoms with van der Waals surface area (Å²) in [6.07, 6.45) is 3.35. The molecule has 1 saturated heterocycles. The van der Waals surface area contributed by atoms with Gasteiger partial charge in [-0.25, -0.2) is 9.78 Å². The Morgan fingerprint density at radius 3 is 2.57 bits per heavy atom. The average Bonchev–Trinajstić information content (AvgIpc) is 2.57. The zero-order valence-corrected chi connectivity index (χ0v) is 11.5. The maximum absolute atomic E-state index is 12.1. The molecule has 1 aliphatic heterocycles. The van der Waals surface area contributed by atoms with Gasteiger partial charge in [-0.1, -0.05) is 6.07 Å². The SMILES string of the molecule is O=C(Nc1cccnn1)N1CCN(c2ccccn2)CC1. The summed E-state index contributed by atoms with van der Waals surface area (Å²) in [4.78, 5) is 20.4. The van der Waals surface area contributed by atoms with Crippen LogP contribution in [0.4, 0.5) is 16.4 Å². The summed E-state index contributed by atoms with van der Waals surface area (Å²) in [6.45, 7) is 2.85. The van der Waals surface area contributed by atoms with Crippen molar-refractivity contribution in [3.05, 3.63) is 42.7 Å². The zero-order valence-electron chi connectivity index (χ0n) is 11.5. The van der Waals surface area contributed by atoms with Crippen molar-refractivity contribution in [2.75, 3.05) is 36.4 Å². The van der Waals surface area contributed by atoms with Crippen LogP contribution in [0.25, 0.3) is 0 Å².